The summed E-state index contributed by atoms with van der Waals surface area (Å²) in [5, 5.41) is 0. The van der Waals surface area contributed by atoms with Crippen LogP contribution in [0.5, 0.6) is 5.75 Å². The first-order valence-electron chi connectivity index (χ1n) is 12.1. The maximum Gasteiger partial charge on any atom is 0.295 e. The van der Waals surface area contributed by atoms with Gasteiger partial charge in [-0.25, -0.2) is 0 Å². The second-order valence-electron chi connectivity index (χ2n) is 9.09. The number of amides is 1. The van der Waals surface area contributed by atoms with Gasteiger partial charge < -0.3 is 9.64 Å². The normalized spacial score (nSPS) is 16.7. The van der Waals surface area contributed by atoms with Gasteiger partial charge in [0.2, 0.25) is 5.78 Å². The zero-order valence-electron chi connectivity index (χ0n) is 19.8. The number of ketones is 1. The molecule has 3 heterocycles. The lowest BCUT2D eigenvalue weighted by molar-refractivity contribution is -0.127. The van der Waals surface area contributed by atoms with Crippen LogP contribution in [0.3, 0.4) is 0 Å². The first kappa shape index (κ1) is 23.2. The predicted molar refractivity (Wildman–Crippen MR) is 133 cm³/mol. The molecule has 0 atom stereocenters. The molecule has 0 spiro atoms. The minimum Gasteiger partial charge on any atom is -0.491 e. The van der Waals surface area contributed by atoms with E-state index >= 15 is 0 Å². The monoisotopic (exact) mass is 470 g/mol. The van der Waals surface area contributed by atoms with Crippen molar-refractivity contribution in [2.24, 2.45) is 0 Å². The molecule has 35 heavy (non-hydrogen) atoms. The molecule has 7 heteroatoms. The van der Waals surface area contributed by atoms with E-state index in [0.29, 0.717) is 25.3 Å². The molecule has 0 saturated carbocycles. The summed E-state index contributed by atoms with van der Waals surface area (Å²) in [7, 11) is 0. The summed E-state index contributed by atoms with van der Waals surface area (Å²) in [6.07, 6.45) is 1.85. The second kappa shape index (κ2) is 10.8. The number of rotatable bonds is 6. The lowest BCUT2D eigenvalue weighted by Gasteiger charge is -2.34. The summed E-state index contributed by atoms with van der Waals surface area (Å²) >= 11 is 0. The van der Waals surface area contributed by atoms with Crippen LogP contribution in [-0.4, -0.2) is 70.7 Å². The number of benzene rings is 2. The molecule has 1 aromatic heterocycles. The molecule has 5 rings (SSSR count). The van der Waals surface area contributed by atoms with Gasteiger partial charge in [-0.2, -0.15) is 0 Å². The average Bonchev–Trinajstić information content (AvgIpc) is 3.12. The van der Waals surface area contributed by atoms with E-state index in [1.165, 1.54) is 5.56 Å². The lowest BCUT2D eigenvalue weighted by Crippen LogP contribution is -2.45. The summed E-state index contributed by atoms with van der Waals surface area (Å²) in [4.78, 5) is 36.6. The van der Waals surface area contributed by atoms with E-state index < -0.39 is 11.7 Å². The van der Waals surface area contributed by atoms with Crippen molar-refractivity contribution in [3.8, 4) is 5.75 Å². The molecule has 2 aliphatic heterocycles. The van der Waals surface area contributed by atoms with Crippen molar-refractivity contribution in [3.05, 3.63) is 95.3 Å². The SMILES string of the molecule is O=C(C(=O)N1CCOc2ccc(CN3CCN(Cc4ccccn4)CC3)cc2C1)c1ccccc1. The highest BCUT2D eigenvalue weighted by Gasteiger charge is 2.26. The van der Waals surface area contributed by atoms with Crippen LogP contribution in [0.2, 0.25) is 0 Å². The summed E-state index contributed by atoms with van der Waals surface area (Å²) in [5.41, 5.74) is 3.66. The fraction of sp³-hybridized carbons (Fsp3) is 0.321. The Labute approximate surface area is 205 Å². The van der Waals surface area contributed by atoms with E-state index in [2.05, 4.69) is 33.0 Å². The Morgan fingerprint density at radius 1 is 0.829 bits per heavy atom. The first-order valence-corrected chi connectivity index (χ1v) is 12.1. The molecular formula is C28H30N4O3. The van der Waals surface area contributed by atoms with Crippen molar-refractivity contribution in [1.82, 2.24) is 19.7 Å². The number of hydrogen-bond acceptors (Lipinski definition) is 6. The third kappa shape index (κ3) is 5.75. The van der Waals surface area contributed by atoms with Crippen LogP contribution < -0.4 is 4.74 Å². The molecule has 7 nitrogen and oxygen atoms in total. The molecule has 0 bridgehead atoms. The first-order chi connectivity index (χ1) is 17.2. The Bertz CT molecular complexity index is 1160. The quantitative estimate of drug-likeness (QED) is 0.408. The standard InChI is InChI=1S/C28H30N4O3/c33-27(23-6-2-1-3-7-23)28(34)32-16-17-35-26-10-9-22(18-24(26)20-32)19-30-12-14-31(15-13-30)21-25-8-4-5-11-29-25/h1-11,18H,12-17,19-21H2. The van der Waals surface area contributed by atoms with Gasteiger partial charge in [-0.15, -0.1) is 0 Å². The molecule has 3 aromatic rings. The molecule has 2 aliphatic rings. The van der Waals surface area contributed by atoms with Crippen molar-refractivity contribution >= 4 is 11.7 Å². The van der Waals surface area contributed by atoms with Crippen LogP contribution in [-0.2, 0) is 24.4 Å². The number of hydrogen-bond donors (Lipinski definition) is 0. The number of fused-ring (bicyclic) bond motifs is 1. The van der Waals surface area contributed by atoms with Crippen molar-refractivity contribution in [2.45, 2.75) is 19.6 Å². The minimum absolute atomic E-state index is 0.373. The fourth-order valence-corrected chi connectivity index (χ4v) is 4.66. The lowest BCUT2D eigenvalue weighted by atomic mass is 10.1. The molecule has 1 amide bonds. The number of aromatic nitrogens is 1. The summed E-state index contributed by atoms with van der Waals surface area (Å²) < 4.78 is 5.90. The van der Waals surface area contributed by atoms with Gasteiger partial charge in [0.1, 0.15) is 12.4 Å². The van der Waals surface area contributed by atoms with Crippen LogP contribution in [0, 0.1) is 0 Å². The van der Waals surface area contributed by atoms with Crippen molar-refractivity contribution < 1.29 is 14.3 Å². The van der Waals surface area contributed by atoms with E-state index in [1.807, 2.05) is 30.5 Å². The van der Waals surface area contributed by atoms with Gasteiger partial charge in [0.15, 0.2) is 0 Å². The third-order valence-corrected chi connectivity index (χ3v) is 6.61. The third-order valence-electron chi connectivity index (χ3n) is 6.61. The Kier molecular flexibility index (Phi) is 7.16. The van der Waals surface area contributed by atoms with Crippen molar-refractivity contribution in [3.63, 3.8) is 0 Å². The topological polar surface area (TPSA) is 66.0 Å². The molecule has 1 fully saturated rings. The van der Waals surface area contributed by atoms with Gasteiger partial charge in [0.05, 0.1) is 12.2 Å². The maximum atomic E-state index is 12.9. The molecular weight excluding hydrogens is 440 g/mol. The largest absolute Gasteiger partial charge is 0.491 e. The molecule has 180 valence electrons. The predicted octanol–water partition coefficient (Wildman–Crippen LogP) is 3.00. The molecule has 0 unspecified atom stereocenters. The van der Waals surface area contributed by atoms with Crippen LogP contribution >= 0.6 is 0 Å². The highest BCUT2D eigenvalue weighted by Crippen LogP contribution is 2.26. The van der Waals surface area contributed by atoms with Gasteiger partial charge >= 0.3 is 0 Å². The van der Waals surface area contributed by atoms with Crippen LogP contribution in [0.15, 0.2) is 72.9 Å². The molecule has 0 aliphatic carbocycles. The van der Waals surface area contributed by atoms with Crippen molar-refractivity contribution in [1.29, 1.82) is 0 Å². The Balaban J connectivity index is 1.20. The number of carbonyl (C=O) groups is 2. The van der Waals surface area contributed by atoms with Crippen LogP contribution in [0.1, 0.15) is 27.2 Å². The Morgan fingerprint density at radius 3 is 2.31 bits per heavy atom. The summed E-state index contributed by atoms with van der Waals surface area (Å²) in [6, 6.07) is 21.0. The number of piperazine rings is 1. The molecule has 0 radical (unpaired) electrons. The highest BCUT2D eigenvalue weighted by atomic mass is 16.5. The number of pyridine rings is 1. The summed E-state index contributed by atoms with van der Waals surface area (Å²) in [6.45, 7) is 6.88. The Morgan fingerprint density at radius 2 is 1.57 bits per heavy atom. The van der Waals surface area contributed by atoms with E-state index in [1.54, 1.807) is 29.2 Å². The molecule has 2 aromatic carbocycles. The zero-order valence-corrected chi connectivity index (χ0v) is 19.8. The van der Waals surface area contributed by atoms with Gasteiger partial charge in [-0.1, -0.05) is 42.5 Å². The average molecular weight is 471 g/mol. The number of nitrogens with zero attached hydrogens (tertiary/aromatic N) is 4. The van der Waals surface area contributed by atoms with Gasteiger partial charge in [-0.3, -0.25) is 24.4 Å². The number of ether oxygens (including phenoxy) is 1. The van der Waals surface area contributed by atoms with E-state index in [4.69, 9.17) is 4.74 Å². The maximum absolute atomic E-state index is 12.9. The minimum atomic E-state index is -0.484. The van der Waals surface area contributed by atoms with Gasteiger partial charge in [0.25, 0.3) is 5.91 Å². The Hall–Kier alpha value is -3.55. The van der Waals surface area contributed by atoms with Crippen LogP contribution in [0.25, 0.3) is 0 Å². The smallest absolute Gasteiger partial charge is 0.295 e. The van der Waals surface area contributed by atoms with E-state index in [-0.39, 0.29) is 0 Å². The van der Waals surface area contributed by atoms with Crippen LogP contribution in [0.4, 0.5) is 0 Å². The van der Waals surface area contributed by atoms with E-state index in [9.17, 15) is 9.59 Å². The molecule has 0 N–H and O–H groups in total. The van der Waals surface area contributed by atoms with Crippen molar-refractivity contribution in [2.75, 3.05) is 39.3 Å². The highest BCUT2D eigenvalue weighted by molar-refractivity contribution is 6.42. The fourth-order valence-electron chi connectivity index (χ4n) is 4.66. The number of Topliss-reactive ketones (excluding diaryl/α,β-unsaturated/α-hetero) is 1. The molecule has 1 saturated heterocycles. The van der Waals surface area contributed by atoms with Gasteiger partial charge in [-0.05, 0) is 29.8 Å². The second-order valence-corrected chi connectivity index (χ2v) is 9.09. The van der Waals surface area contributed by atoms with Gasteiger partial charge in [0, 0.05) is 63.1 Å². The van der Waals surface area contributed by atoms with E-state index in [0.717, 1.165) is 56.3 Å². The summed E-state index contributed by atoms with van der Waals surface area (Å²) in [5.74, 6) is -0.174. The number of carbonyl (C=O) groups excluding carboxylic acids is 2. The zero-order chi connectivity index (χ0) is 24.0.